The third kappa shape index (κ3) is 2.98. The SMILES string of the molecule is CC1(COc2nc3ccc(OCC4CCC4)nc3s2)CC1. The molecule has 0 N–H and O–H groups in total. The van der Waals surface area contributed by atoms with Crippen LogP contribution in [0.25, 0.3) is 10.3 Å². The molecule has 5 heteroatoms. The van der Waals surface area contributed by atoms with Crippen molar-refractivity contribution in [2.75, 3.05) is 13.2 Å². The van der Waals surface area contributed by atoms with E-state index in [-0.39, 0.29) is 0 Å². The lowest BCUT2D eigenvalue weighted by Crippen LogP contribution is -2.19. The first-order valence-electron chi connectivity index (χ1n) is 7.73. The summed E-state index contributed by atoms with van der Waals surface area (Å²) in [4.78, 5) is 9.93. The monoisotopic (exact) mass is 304 g/mol. The van der Waals surface area contributed by atoms with Crippen molar-refractivity contribution in [2.45, 2.75) is 39.0 Å². The number of hydrogen-bond donors (Lipinski definition) is 0. The van der Waals surface area contributed by atoms with Gasteiger partial charge in [-0.15, -0.1) is 0 Å². The van der Waals surface area contributed by atoms with Gasteiger partial charge in [0.2, 0.25) is 5.88 Å². The molecule has 2 saturated carbocycles. The summed E-state index contributed by atoms with van der Waals surface area (Å²) < 4.78 is 11.6. The Kier molecular flexibility index (Phi) is 3.25. The molecule has 0 unspecified atom stereocenters. The lowest BCUT2D eigenvalue weighted by molar-refractivity contribution is 0.176. The molecule has 4 nitrogen and oxygen atoms in total. The third-order valence-corrected chi connectivity index (χ3v) is 5.43. The van der Waals surface area contributed by atoms with Gasteiger partial charge in [-0.1, -0.05) is 24.7 Å². The first-order valence-corrected chi connectivity index (χ1v) is 8.55. The normalized spacial score (nSPS) is 20.2. The average molecular weight is 304 g/mol. The summed E-state index contributed by atoms with van der Waals surface area (Å²) in [6.07, 6.45) is 6.44. The molecule has 2 aromatic heterocycles. The zero-order valence-electron chi connectivity index (χ0n) is 12.3. The molecule has 2 heterocycles. The van der Waals surface area contributed by atoms with E-state index in [2.05, 4.69) is 16.9 Å². The van der Waals surface area contributed by atoms with Gasteiger partial charge in [-0.05, 0) is 37.7 Å². The van der Waals surface area contributed by atoms with Crippen LogP contribution >= 0.6 is 11.3 Å². The predicted octanol–water partition coefficient (Wildman–Crippen LogP) is 4.05. The van der Waals surface area contributed by atoms with Crippen LogP contribution in [0.4, 0.5) is 0 Å². The zero-order valence-corrected chi connectivity index (χ0v) is 13.1. The van der Waals surface area contributed by atoms with Crippen molar-refractivity contribution >= 4 is 21.7 Å². The van der Waals surface area contributed by atoms with Gasteiger partial charge >= 0.3 is 0 Å². The molecule has 2 aromatic rings. The summed E-state index contributed by atoms with van der Waals surface area (Å²) in [6, 6.07) is 3.88. The van der Waals surface area contributed by atoms with E-state index in [1.165, 1.54) is 43.4 Å². The summed E-state index contributed by atoms with van der Waals surface area (Å²) in [7, 11) is 0. The van der Waals surface area contributed by atoms with Gasteiger partial charge in [0, 0.05) is 11.5 Å². The molecule has 0 atom stereocenters. The van der Waals surface area contributed by atoms with E-state index in [1.807, 2.05) is 12.1 Å². The van der Waals surface area contributed by atoms with Crippen molar-refractivity contribution in [2.24, 2.45) is 11.3 Å². The number of thiazole rings is 1. The summed E-state index contributed by atoms with van der Waals surface area (Å²) >= 11 is 1.51. The van der Waals surface area contributed by atoms with Gasteiger partial charge in [0.25, 0.3) is 5.19 Å². The molecule has 112 valence electrons. The maximum atomic E-state index is 5.81. The van der Waals surface area contributed by atoms with Gasteiger partial charge in [0.1, 0.15) is 5.52 Å². The fourth-order valence-corrected chi connectivity index (χ4v) is 3.16. The van der Waals surface area contributed by atoms with Crippen molar-refractivity contribution in [1.29, 1.82) is 0 Å². The Morgan fingerprint density at radius 2 is 2.10 bits per heavy atom. The third-order valence-electron chi connectivity index (χ3n) is 4.55. The number of nitrogens with zero attached hydrogens (tertiary/aromatic N) is 2. The molecule has 0 bridgehead atoms. The number of pyridine rings is 1. The van der Waals surface area contributed by atoms with Crippen molar-refractivity contribution in [3.05, 3.63) is 12.1 Å². The van der Waals surface area contributed by atoms with Crippen LogP contribution in [-0.4, -0.2) is 23.2 Å². The van der Waals surface area contributed by atoms with Crippen LogP contribution < -0.4 is 9.47 Å². The van der Waals surface area contributed by atoms with Gasteiger partial charge in [0.15, 0.2) is 4.83 Å². The number of rotatable bonds is 6. The molecule has 4 rings (SSSR count). The average Bonchev–Trinajstić information content (AvgIpc) is 3.01. The molecule has 2 aliphatic carbocycles. The highest BCUT2D eigenvalue weighted by Gasteiger charge is 2.38. The summed E-state index contributed by atoms with van der Waals surface area (Å²) in [5.41, 5.74) is 1.27. The Morgan fingerprint density at radius 3 is 2.81 bits per heavy atom. The highest BCUT2D eigenvalue weighted by atomic mass is 32.1. The minimum Gasteiger partial charge on any atom is -0.477 e. The summed E-state index contributed by atoms with van der Waals surface area (Å²) in [5.74, 6) is 1.43. The minimum absolute atomic E-state index is 0.377. The van der Waals surface area contributed by atoms with Gasteiger partial charge in [-0.2, -0.15) is 0 Å². The van der Waals surface area contributed by atoms with Gasteiger partial charge in [-0.3, -0.25) is 0 Å². The van der Waals surface area contributed by atoms with Crippen molar-refractivity contribution < 1.29 is 9.47 Å². The van der Waals surface area contributed by atoms with Crippen molar-refractivity contribution in [1.82, 2.24) is 9.97 Å². The van der Waals surface area contributed by atoms with E-state index >= 15 is 0 Å². The zero-order chi connectivity index (χ0) is 14.3. The second-order valence-electron chi connectivity index (χ2n) is 6.66. The maximum Gasteiger partial charge on any atom is 0.275 e. The minimum atomic E-state index is 0.377. The van der Waals surface area contributed by atoms with E-state index in [9.17, 15) is 0 Å². The molecule has 0 aliphatic heterocycles. The first-order chi connectivity index (χ1) is 10.2. The molecule has 21 heavy (non-hydrogen) atoms. The van der Waals surface area contributed by atoms with Crippen LogP contribution in [0.5, 0.6) is 11.1 Å². The molecule has 2 aliphatic rings. The molecule has 0 aromatic carbocycles. The van der Waals surface area contributed by atoms with Crippen LogP contribution in [0.1, 0.15) is 39.0 Å². The van der Waals surface area contributed by atoms with Crippen LogP contribution in [0.2, 0.25) is 0 Å². The molecular weight excluding hydrogens is 284 g/mol. The molecule has 2 fully saturated rings. The maximum absolute atomic E-state index is 5.81. The fourth-order valence-electron chi connectivity index (χ4n) is 2.38. The van der Waals surface area contributed by atoms with Gasteiger partial charge in [-0.25, -0.2) is 9.97 Å². The summed E-state index contributed by atoms with van der Waals surface area (Å²) in [5, 5.41) is 0.724. The number of hydrogen-bond acceptors (Lipinski definition) is 5. The van der Waals surface area contributed by atoms with E-state index in [0.717, 1.165) is 34.7 Å². The first kappa shape index (κ1) is 13.3. The number of aromatic nitrogens is 2. The van der Waals surface area contributed by atoms with Gasteiger partial charge in [0.05, 0.1) is 13.2 Å². The fraction of sp³-hybridized carbons (Fsp3) is 0.625. The molecular formula is C16H20N2O2S. The second-order valence-corrected chi connectivity index (χ2v) is 7.60. The topological polar surface area (TPSA) is 44.2 Å². The standard InChI is InChI=1S/C16H20N2O2S/c1-16(7-8-16)10-20-15-17-12-5-6-13(18-14(12)21-15)19-9-11-3-2-4-11/h5-6,11H,2-4,7-10H2,1H3. The van der Waals surface area contributed by atoms with Crippen LogP contribution in [-0.2, 0) is 0 Å². The predicted molar refractivity (Wildman–Crippen MR) is 83.1 cm³/mol. The molecule has 0 radical (unpaired) electrons. The van der Waals surface area contributed by atoms with E-state index < -0.39 is 0 Å². The highest BCUT2D eigenvalue weighted by molar-refractivity contribution is 7.19. The molecule has 0 spiro atoms. The largest absolute Gasteiger partial charge is 0.477 e. The van der Waals surface area contributed by atoms with E-state index in [1.54, 1.807) is 0 Å². The van der Waals surface area contributed by atoms with Crippen molar-refractivity contribution in [3.63, 3.8) is 0 Å². The van der Waals surface area contributed by atoms with E-state index in [4.69, 9.17) is 9.47 Å². The van der Waals surface area contributed by atoms with Crippen LogP contribution in [0.15, 0.2) is 12.1 Å². The second kappa shape index (κ2) is 5.13. The van der Waals surface area contributed by atoms with Crippen molar-refractivity contribution in [3.8, 4) is 11.1 Å². The van der Waals surface area contributed by atoms with Crippen LogP contribution in [0.3, 0.4) is 0 Å². The van der Waals surface area contributed by atoms with E-state index in [0.29, 0.717) is 11.3 Å². The molecule has 0 saturated heterocycles. The quantitative estimate of drug-likeness (QED) is 0.807. The highest BCUT2D eigenvalue weighted by Crippen LogP contribution is 2.45. The Bertz CT molecular complexity index is 647. The smallest absolute Gasteiger partial charge is 0.275 e. The van der Waals surface area contributed by atoms with Gasteiger partial charge < -0.3 is 9.47 Å². The Balaban J connectivity index is 1.42. The number of fused-ring (bicyclic) bond motifs is 1. The van der Waals surface area contributed by atoms with Crippen LogP contribution in [0, 0.1) is 11.3 Å². The Labute approximate surface area is 128 Å². The summed E-state index contributed by atoms with van der Waals surface area (Å²) in [6.45, 7) is 3.81. The Hall–Kier alpha value is -1.36. The number of ether oxygens (including phenoxy) is 2. The molecule has 0 amide bonds. The lowest BCUT2D eigenvalue weighted by Gasteiger charge is -2.24. The Morgan fingerprint density at radius 1 is 1.24 bits per heavy atom. The lowest BCUT2D eigenvalue weighted by atomic mass is 9.86.